The standard InChI is InChI=1S/C5H10N/c1-5-2-3-6-4-5/h5-6H,1-4H2/t5-/m1/s1. The molecule has 1 N–H and O–H groups in total. The second-order valence-electron chi connectivity index (χ2n) is 1.86. The average molecular weight is 84.1 g/mol. The molecule has 0 unspecified atom stereocenters. The molecule has 1 aliphatic rings. The van der Waals surface area contributed by atoms with Crippen molar-refractivity contribution in [2.45, 2.75) is 6.42 Å². The van der Waals surface area contributed by atoms with E-state index in [1.165, 1.54) is 13.0 Å². The third-order valence-corrected chi connectivity index (χ3v) is 1.16. The van der Waals surface area contributed by atoms with Crippen LogP contribution in [0.3, 0.4) is 0 Å². The second kappa shape index (κ2) is 1.61. The van der Waals surface area contributed by atoms with Crippen molar-refractivity contribution in [1.82, 2.24) is 5.32 Å². The minimum Gasteiger partial charge on any atom is -0.316 e. The van der Waals surface area contributed by atoms with Crippen LogP contribution in [-0.2, 0) is 0 Å². The van der Waals surface area contributed by atoms with Crippen molar-refractivity contribution in [3.63, 3.8) is 0 Å². The molecule has 0 amide bonds. The number of nitrogens with one attached hydrogen (secondary N) is 1. The third-order valence-electron chi connectivity index (χ3n) is 1.16. The Morgan fingerprint density at radius 2 is 2.50 bits per heavy atom. The summed E-state index contributed by atoms with van der Waals surface area (Å²) in [5.74, 6) is 0.685. The van der Waals surface area contributed by atoms with Crippen LogP contribution in [0.25, 0.3) is 0 Å². The molecule has 0 aromatic heterocycles. The maximum Gasteiger partial charge on any atom is -0.00200 e. The van der Waals surface area contributed by atoms with Crippen LogP contribution in [0, 0.1) is 12.8 Å². The van der Waals surface area contributed by atoms with Gasteiger partial charge in [0, 0.05) is 0 Å². The first kappa shape index (κ1) is 4.13. The minimum absolute atomic E-state index is 0.685. The van der Waals surface area contributed by atoms with Gasteiger partial charge in [-0.2, -0.15) is 0 Å². The normalized spacial score (nSPS) is 34.5. The van der Waals surface area contributed by atoms with E-state index in [1.54, 1.807) is 0 Å². The van der Waals surface area contributed by atoms with Gasteiger partial charge in [-0.25, -0.2) is 0 Å². The van der Waals surface area contributed by atoms with E-state index in [2.05, 4.69) is 12.2 Å². The summed E-state index contributed by atoms with van der Waals surface area (Å²) in [5, 5.41) is 3.21. The fourth-order valence-electron chi connectivity index (χ4n) is 0.714. The molecule has 1 radical (unpaired) electrons. The molecule has 6 heavy (non-hydrogen) atoms. The Hall–Kier alpha value is -0.0400. The highest BCUT2D eigenvalue weighted by Gasteiger charge is 2.06. The van der Waals surface area contributed by atoms with E-state index in [4.69, 9.17) is 0 Å². The summed E-state index contributed by atoms with van der Waals surface area (Å²) in [6.07, 6.45) is 1.26. The van der Waals surface area contributed by atoms with E-state index >= 15 is 0 Å². The van der Waals surface area contributed by atoms with Crippen LogP contribution in [-0.4, -0.2) is 13.1 Å². The smallest absolute Gasteiger partial charge is 0.00200 e. The maximum absolute atomic E-state index is 3.88. The Kier molecular flexibility index (Phi) is 1.10. The molecule has 1 rings (SSSR count). The highest BCUT2D eigenvalue weighted by Crippen LogP contribution is 2.02. The molecular formula is C5H10N. The summed E-state index contributed by atoms with van der Waals surface area (Å²) in [5.41, 5.74) is 0. The fourth-order valence-corrected chi connectivity index (χ4v) is 0.714. The molecule has 0 spiro atoms. The Balaban J connectivity index is 2.18. The van der Waals surface area contributed by atoms with Crippen LogP contribution in [0.15, 0.2) is 0 Å². The van der Waals surface area contributed by atoms with Gasteiger partial charge in [0.15, 0.2) is 0 Å². The molecular weight excluding hydrogens is 74.1 g/mol. The lowest BCUT2D eigenvalue weighted by atomic mass is 10.2. The summed E-state index contributed by atoms with van der Waals surface area (Å²) in [6.45, 7) is 6.17. The van der Waals surface area contributed by atoms with Crippen molar-refractivity contribution in [3.05, 3.63) is 6.92 Å². The van der Waals surface area contributed by atoms with E-state index in [0.717, 1.165) is 6.54 Å². The Labute approximate surface area is 38.7 Å². The van der Waals surface area contributed by atoms with Crippen molar-refractivity contribution in [1.29, 1.82) is 0 Å². The molecule has 0 bridgehead atoms. The van der Waals surface area contributed by atoms with Gasteiger partial charge in [-0.3, -0.25) is 0 Å². The largest absolute Gasteiger partial charge is 0.316 e. The van der Waals surface area contributed by atoms with Crippen LogP contribution < -0.4 is 5.32 Å². The van der Waals surface area contributed by atoms with Crippen molar-refractivity contribution < 1.29 is 0 Å². The maximum atomic E-state index is 3.88. The lowest BCUT2D eigenvalue weighted by Gasteiger charge is -1.90. The van der Waals surface area contributed by atoms with Crippen molar-refractivity contribution >= 4 is 0 Å². The van der Waals surface area contributed by atoms with Crippen LogP contribution in [0.2, 0.25) is 0 Å². The lowest BCUT2D eigenvalue weighted by molar-refractivity contribution is 0.724. The molecule has 35 valence electrons. The monoisotopic (exact) mass is 84.1 g/mol. The SMILES string of the molecule is [CH2][C@@H]1CCNC1. The number of hydrogen-bond acceptors (Lipinski definition) is 1. The summed E-state index contributed by atoms with van der Waals surface area (Å²) in [4.78, 5) is 0. The van der Waals surface area contributed by atoms with E-state index in [0.29, 0.717) is 5.92 Å². The predicted octanol–water partition coefficient (Wildman–Crippen LogP) is 0.430. The quantitative estimate of drug-likeness (QED) is 0.449. The molecule has 1 fully saturated rings. The molecule has 1 heteroatoms. The van der Waals surface area contributed by atoms with E-state index in [-0.39, 0.29) is 0 Å². The minimum atomic E-state index is 0.685. The zero-order chi connectivity index (χ0) is 4.41. The van der Waals surface area contributed by atoms with Crippen LogP contribution >= 0.6 is 0 Å². The first-order valence-electron chi connectivity index (χ1n) is 2.43. The van der Waals surface area contributed by atoms with Crippen molar-refractivity contribution in [2.75, 3.05) is 13.1 Å². The summed E-state index contributed by atoms with van der Waals surface area (Å²) in [6, 6.07) is 0. The molecule has 0 saturated carbocycles. The molecule has 0 aromatic carbocycles. The van der Waals surface area contributed by atoms with Crippen LogP contribution in [0.1, 0.15) is 6.42 Å². The van der Waals surface area contributed by atoms with Gasteiger partial charge in [-0.15, -0.1) is 0 Å². The lowest BCUT2D eigenvalue weighted by Crippen LogP contribution is -2.06. The van der Waals surface area contributed by atoms with Gasteiger partial charge < -0.3 is 5.32 Å². The highest BCUT2D eigenvalue weighted by molar-refractivity contribution is 4.71. The van der Waals surface area contributed by atoms with E-state index < -0.39 is 0 Å². The van der Waals surface area contributed by atoms with Crippen LogP contribution in [0.5, 0.6) is 0 Å². The Morgan fingerprint density at radius 3 is 2.67 bits per heavy atom. The van der Waals surface area contributed by atoms with Gasteiger partial charge in [0.2, 0.25) is 0 Å². The molecule has 1 saturated heterocycles. The van der Waals surface area contributed by atoms with Gasteiger partial charge in [-0.1, -0.05) is 0 Å². The molecule has 1 heterocycles. The summed E-state index contributed by atoms with van der Waals surface area (Å²) in [7, 11) is 0. The topological polar surface area (TPSA) is 12.0 Å². The number of hydrogen-bond donors (Lipinski definition) is 1. The zero-order valence-corrected chi connectivity index (χ0v) is 3.91. The van der Waals surface area contributed by atoms with Crippen LogP contribution in [0.4, 0.5) is 0 Å². The van der Waals surface area contributed by atoms with Gasteiger partial charge in [0.05, 0.1) is 0 Å². The van der Waals surface area contributed by atoms with E-state index in [9.17, 15) is 0 Å². The predicted molar refractivity (Wildman–Crippen MR) is 26.3 cm³/mol. The summed E-state index contributed by atoms with van der Waals surface area (Å²) < 4.78 is 0. The molecule has 1 aliphatic heterocycles. The summed E-state index contributed by atoms with van der Waals surface area (Å²) >= 11 is 0. The first-order valence-corrected chi connectivity index (χ1v) is 2.43. The third kappa shape index (κ3) is 0.716. The zero-order valence-electron chi connectivity index (χ0n) is 3.91. The number of rotatable bonds is 0. The fraction of sp³-hybridized carbons (Fsp3) is 0.800. The van der Waals surface area contributed by atoms with Crippen molar-refractivity contribution in [2.24, 2.45) is 5.92 Å². The highest BCUT2D eigenvalue weighted by atomic mass is 14.9. The average Bonchev–Trinajstić information content (AvgIpc) is 1.86. The molecule has 1 atom stereocenters. The van der Waals surface area contributed by atoms with Crippen molar-refractivity contribution in [3.8, 4) is 0 Å². The first-order chi connectivity index (χ1) is 2.89. The molecule has 0 aromatic rings. The van der Waals surface area contributed by atoms with Gasteiger partial charge in [-0.05, 0) is 32.4 Å². The molecule has 1 nitrogen and oxygen atoms in total. The Morgan fingerprint density at radius 1 is 1.67 bits per heavy atom. The van der Waals surface area contributed by atoms with Gasteiger partial charge >= 0.3 is 0 Å². The van der Waals surface area contributed by atoms with Gasteiger partial charge in [0.1, 0.15) is 0 Å². The molecule has 0 aliphatic carbocycles. The Bertz CT molecular complexity index is 37.2. The van der Waals surface area contributed by atoms with E-state index in [1.807, 2.05) is 0 Å². The second-order valence-corrected chi connectivity index (χ2v) is 1.86. The van der Waals surface area contributed by atoms with Gasteiger partial charge in [0.25, 0.3) is 0 Å².